The molecule has 0 fully saturated rings. The summed E-state index contributed by atoms with van der Waals surface area (Å²) in [5, 5.41) is 0. The Morgan fingerprint density at radius 3 is 2.07 bits per heavy atom. The molecule has 0 bridgehead atoms. The van der Waals surface area contributed by atoms with Gasteiger partial charge >= 0.3 is 0 Å². The van der Waals surface area contributed by atoms with Crippen molar-refractivity contribution in [2.75, 3.05) is 7.05 Å². The Kier molecular flexibility index (Phi) is 6.04. The number of hydrogen-bond donors (Lipinski definition) is 0. The van der Waals surface area contributed by atoms with E-state index < -0.39 is 0 Å². The summed E-state index contributed by atoms with van der Waals surface area (Å²) < 4.78 is 0. The highest BCUT2D eigenvalue weighted by atomic mass is 14.7. The number of rotatable bonds is 2. The Morgan fingerprint density at radius 1 is 1.21 bits per heavy atom. The second-order valence-electron chi connectivity index (χ2n) is 2.68. The van der Waals surface area contributed by atoms with E-state index in [0.29, 0.717) is 0 Å². The van der Waals surface area contributed by atoms with Crippen molar-refractivity contribution in [1.29, 1.82) is 0 Å². The fourth-order valence-corrected chi connectivity index (χ4v) is 1.06. The van der Waals surface area contributed by atoms with Crippen LogP contribution in [0.15, 0.2) is 55.1 Å². The predicted molar refractivity (Wildman–Crippen MR) is 65.1 cm³/mol. The molecule has 0 atom stereocenters. The monoisotopic (exact) mass is 187 g/mol. The van der Waals surface area contributed by atoms with E-state index in [1.807, 2.05) is 0 Å². The number of benzene rings is 1. The second-order valence-corrected chi connectivity index (χ2v) is 2.68. The first-order valence-corrected chi connectivity index (χ1v) is 4.44. The van der Waals surface area contributed by atoms with Crippen LogP contribution < -0.4 is 0 Å². The SMILES string of the molecule is C=C.C=CC(=NC)c1ccc(C)cc1. The number of nitrogens with zero attached hydrogens (tertiary/aromatic N) is 1. The van der Waals surface area contributed by atoms with E-state index in [9.17, 15) is 0 Å². The van der Waals surface area contributed by atoms with Crippen molar-refractivity contribution < 1.29 is 0 Å². The second kappa shape index (κ2) is 6.84. The lowest BCUT2D eigenvalue weighted by Gasteiger charge is -1.99. The number of allylic oxidation sites excluding steroid dienone is 1. The van der Waals surface area contributed by atoms with Crippen molar-refractivity contribution in [3.8, 4) is 0 Å². The molecular weight excluding hydrogens is 170 g/mol. The number of hydrogen-bond acceptors (Lipinski definition) is 1. The fraction of sp³-hybridized carbons (Fsp3) is 0.154. The van der Waals surface area contributed by atoms with Crippen LogP contribution in [0.3, 0.4) is 0 Å². The summed E-state index contributed by atoms with van der Waals surface area (Å²) in [5.74, 6) is 0. The standard InChI is InChI=1S/C11H13N.C2H4/c1-4-11(12-3)10-7-5-9(2)6-8-10;1-2/h4-8H,1H2,2-3H3;1-2H2. The van der Waals surface area contributed by atoms with E-state index >= 15 is 0 Å². The first kappa shape index (κ1) is 12.4. The summed E-state index contributed by atoms with van der Waals surface area (Å²) in [4.78, 5) is 4.11. The quantitative estimate of drug-likeness (QED) is 0.497. The van der Waals surface area contributed by atoms with Crippen molar-refractivity contribution in [1.82, 2.24) is 0 Å². The van der Waals surface area contributed by atoms with Crippen molar-refractivity contribution in [3.63, 3.8) is 0 Å². The summed E-state index contributed by atoms with van der Waals surface area (Å²) in [5.41, 5.74) is 3.33. The van der Waals surface area contributed by atoms with Crippen LogP contribution in [0.2, 0.25) is 0 Å². The Labute approximate surface area is 86.5 Å². The van der Waals surface area contributed by atoms with E-state index in [1.165, 1.54) is 5.56 Å². The van der Waals surface area contributed by atoms with E-state index in [1.54, 1.807) is 13.1 Å². The molecule has 0 aliphatic carbocycles. The molecule has 1 aromatic carbocycles. The van der Waals surface area contributed by atoms with Crippen LogP contribution >= 0.6 is 0 Å². The number of aryl methyl sites for hydroxylation is 1. The fourth-order valence-electron chi connectivity index (χ4n) is 1.06. The largest absolute Gasteiger partial charge is 0.288 e. The average molecular weight is 187 g/mol. The molecule has 0 amide bonds. The zero-order valence-corrected chi connectivity index (χ0v) is 8.96. The molecule has 1 rings (SSSR count). The van der Waals surface area contributed by atoms with Gasteiger partial charge in [-0.1, -0.05) is 36.4 Å². The summed E-state index contributed by atoms with van der Waals surface area (Å²) in [6.45, 7) is 11.8. The van der Waals surface area contributed by atoms with E-state index in [4.69, 9.17) is 0 Å². The maximum Gasteiger partial charge on any atom is 0.0637 e. The molecule has 74 valence electrons. The molecule has 14 heavy (non-hydrogen) atoms. The topological polar surface area (TPSA) is 12.4 Å². The summed E-state index contributed by atoms with van der Waals surface area (Å²) >= 11 is 0. The molecule has 0 unspecified atom stereocenters. The first-order valence-electron chi connectivity index (χ1n) is 4.44. The normalized spacial score (nSPS) is 10.0. The van der Waals surface area contributed by atoms with Gasteiger partial charge in [0.05, 0.1) is 5.71 Å². The number of aliphatic imine (C=N–C) groups is 1. The molecule has 0 aromatic heterocycles. The van der Waals surface area contributed by atoms with Crippen LogP contribution in [0, 0.1) is 6.92 Å². The minimum Gasteiger partial charge on any atom is -0.288 e. The lowest BCUT2D eigenvalue weighted by atomic mass is 10.1. The average Bonchev–Trinajstić information content (AvgIpc) is 2.25. The van der Waals surface area contributed by atoms with E-state index in [2.05, 4.69) is 55.9 Å². The van der Waals surface area contributed by atoms with Crippen LogP contribution in [0.5, 0.6) is 0 Å². The summed E-state index contributed by atoms with van der Waals surface area (Å²) in [6.07, 6.45) is 1.77. The molecule has 1 aromatic rings. The minimum absolute atomic E-state index is 0.940. The lowest BCUT2D eigenvalue weighted by Crippen LogP contribution is -1.94. The molecule has 1 heteroatoms. The first-order chi connectivity index (χ1) is 6.77. The van der Waals surface area contributed by atoms with Gasteiger partial charge in [-0.05, 0) is 18.6 Å². The highest BCUT2D eigenvalue weighted by Crippen LogP contribution is 2.04. The van der Waals surface area contributed by atoms with Crippen LogP contribution in [0.1, 0.15) is 11.1 Å². The van der Waals surface area contributed by atoms with Crippen molar-refractivity contribution in [2.24, 2.45) is 4.99 Å². The van der Waals surface area contributed by atoms with Crippen LogP contribution in [0.25, 0.3) is 0 Å². The molecule has 0 N–H and O–H groups in total. The molecular formula is C13H17N. The third-order valence-electron chi connectivity index (χ3n) is 1.78. The molecule has 0 heterocycles. The third-order valence-corrected chi connectivity index (χ3v) is 1.78. The van der Waals surface area contributed by atoms with Crippen LogP contribution in [0.4, 0.5) is 0 Å². The highest BCUT2D eigenvalue weighted by molar-refractivity contribution is 6.08. The van der Waals surface area contributed by atoms with Crippen molar-refractivity contribution in [2.45, 2.75) is 6.92 Å². The van der Waals surface area contributed by atoms with Crippen molar-refractivity contribution >= 4 is 5.71 Å². The zero-order valence-electron chi connectivity index (χ0n) is 8.96. The zero-order chi connectivity index (χ0) is 11.0. The smallest absolute Gasteiger partial charge is 0.0637 e. The van der Waals surface area contributed by atoms with Gasteiger partial charge < -0.3 is 0 Å². The Bertz CT molecular complexity index is 307. The lowest BCUT2D eigenvalue weighted by molar-refractivity contribution is 1.42. The van der Waals surface area contributed by atoms with Gasteiger partial charge in [0, 0.05) is 7.05 Å². The van der Waals surface area contributed by atoms with E-state index in [-0.39, 0.29) is 0 Å². The van der Waals surface area contributed by atoms with Gasteiger partial charge in [-0.15, -0.1) is 13.2 Å². The van der Waals surface area contributed by atoms with Gasteiger partial charge in [-0.2, -0.15) is 0 Å². The van der Waals surface area contributed by atoms with E-state index in [0.717, 1.165) is 11.3 Å². The molecule has 1 nitrogen and oxygen atoms in total. The summed E-state index contributed by atoms with van der Waals surface area (Å²) in [7, 11) is 1.77. The predicted octanol–water partition coefficient (Wildman–Crippen LogP) is 3.40. The van der Waals surface area contributed by atoms with Gasteiger partial charge in [0.2, 0.25) is 0 Å². The Hall–Kier alpha value is -1.63. The maximum atomic E-state index is 4.11. The Morgan fingerprint density at radius 2 is 1.71 bits per heavy atom. The highest BCUT2D eigenvalue weighted by Gasteiger charge is 1.95. The molecule has 0 aliphatic rings. The van der Waals surface area contributed by atoms with Gasteiger partial charge in [-0.3, -0.25) is 4.99 Å². The van der Waals surface area contributed by atoms with Crippen LogP contribution in [-0.4, -0.2) is 12.8 Å². The van der Waals surface area contributed by atoms with Gasteiger partial charge in [0.25, 0.3) is 0 Å². The van der Waals surface area contributed by atoms with Crippen molar-refractivity contribution in [3.05, 3.63) is 61.2 Å². The molecule has 0 spiro atoms. The third kappa shape index (κ3) is 3.40. The molecule has 0 aliphatic heterocycles. The van der Waals surface area contributed by atoms with Gasteiger partial charge in [-0.25, -0.2) is 0 Å². The molecule has 0 saturated carbocycles. The van der Waals surface area contributed by atoms with Crippen LogP contribution in [-0.2, 0) is 0 Å². The van der Waals surface area contributed by atoms with Gasteiger partial charge in [0.15, 0.2) is 0 Å². The maximum absolute atomic E-state index is 4.11. The Balaban J connectivity index is 0.000000791. The van der Waals surface area contributed by atoms with Gasteiger partial charge in [0.1, 0.15) is 0 Å². The summed E-state index contributed by atoms with van der Waals surface area (Å²) in [6, 6.07) is 8.26. The minimum atomic E-state index is 0.940. The molecule has 0 radical (unpaired) electrons. The molecule has 0 saturated heterocycles.